The number of nitrogens with one attached hydrogen (secondary N) is 1. The molecule has 94 valence electrons. The number of anilines is 2. The molecule has 0 heterocycles. The molecular weight excluding hydrogens is 214 g/mol. The molecule has 4 nitrogen and oxygen atoms in total. The van der Waals surface area contributed by atoms with Crippen molar-refractivity contribution in [1.82, 2.24) is 0 Å². The number of amides is 1. The Labute approximate surface area is 102 Å². The number of nitrogen functional groups attached to an aromatic ring is 1. The summed E-state index contributed by atoms with van der Waals surface area (Å²) in [5.74, 6) is 0.259. The summed E-state index contributed by atoms with van der Waals surface area (Å²) in [5, 5.41) is 2.82. The molecule has 5 N–H and O–H groups in total. The number of carbonyl (C=O) groups excluding carboxylic acids is 1. The minimum Gasteiger partial charge on any atom is -0.399 e. The molecule has 1 aromatic rings. The summed E-state index contributed by atoms with van der Waals surface area (Å²) in [6.45, 7) is 5.99. The fourth-order valence-electron chi connectivity index (χ4n) is 1.67. The quantitative estimate of drug-likeness (QED) is 0.697. The summed E-state index contributed by atoms with van der Waals surface area (Å²) in [4.78, 5) is 11.8. The average molecular weight is 235 g/mol. The first-order chi connectivity index (χ1) is 7.90. The van der Waals surface area contributed by atoms with Crippen molar-refractivity contribution in [2.75, 3.05) is 11.1 Å². The van der Waals surface area contributed by atoms with Crippen LogP contribution in [0, 0.1) is 12.8 Å². The monoisotopic (exact) mass is 235 g/mol. The van der Waals surface area contributed by atoms with E-state index in [0.717, 1.165) is 11.3 Å². The Kier molecular flexibility index (Phi) is 4.52. The molecule has 1 atom stereocenters. The van der Waals surface area contributed by atoms with E-state index in [1.807, 2.05) is 26.8 Å². The molecule has 0 bridgehead atoms. The highest BCUT2D eigenvalue weighted by Crippen LogP contribution is 2.18. The van der Waals surface area contributed by atoms with Crippen molar-refractivity contribution in [3.05, 3.63) is 23.8 Å². The lowest BCUT2D eigenvalue weighted by Crippen LogP contribution is -2.36. The molecule has 0 spiro atoms. The Morgan fingerprint density at radius 1 is 1.41 bits per heavy atom. The van der Waals surface area contributed by atoms with Gasteiger partial charge in [-0.15, -0.1) is 0 Å². The number of aryl methyl sites for hydroxylation is 1. The highest BCUT2D eigenvalue weighted by atomic mass is 16.2. The van der Waals surface area contributed by atoms with Crippen LogP contribution in [0.5, 0.6) is 0 Å². The molecule has 1 amide bonds. The third kappa shape index (κ3) is 4.07. The van der Waals surface area contributed by atoms with E-state index in [1.165, 1.54) is 0 Å². The minimum atomic E-state index is -0.466. The van der Waals surface area contributed by atoms with Crippen LogP contribution in [0.15, 0.2) is 18.2 Å². The Hall–Kier alpha value is -1.55. The molecule has 0 aliphatic carbocycles. The van der Waals surface area contributed by atoms with E-state index in [1.54, 1.807) is 12.1 Å². The van der Waals surface area contributed by atoms with Gasteiger partial charge in [0, 0.05) is 11.4 Å². The predicted octanol–water partition coefficient (Wildman–Crippen LogP) is 1.89. The zero-order valence-corrected chi connectivity index (χ0v) is 10.7. The number of hydrogen-bond acceptors (Lipinski definition) is 3. The minimum absolute atomic E-state index is 0.147. The molecule has 0 saturated carbocycles. The van der Waals surface area contributed by atoms with Crippen LogP contribution in [0.3, 0.4) is 0 Å². The second kappa shape index (κ2) is 5.68. The standard InChI is InChI=1S/C13H21N3O/c1-8(2)6-11(15)13(17)16-12-5-4-10(14)7-9(12)3/h4-5,7-8,11H,6,14-15H2,1-3H3,(H,16,17)/t11-/m0/s1. The largest absolute Gasteiger partial charge is 0.399 e. The topological polar surface area (TPSA) is 81.1 Å². The maximum absolute atomic E-state index is 11.8. The summed E-state index contributed by atoms with van der Waals surface area (Å²) < 4.78 is 0. The van der Waals surface area contributed by atoms with E-state index in [2.05, 4.69) is 5.32 Å². The van der Waals surface area contributed by atoms with Gasteiger partial charge in [0.25, 0.3) is 0 Å². The van der Waals surface area contributed by atoms with Crippen LogP contribution in [0.4, 0.5) is 11.4 Å². The molecule has 1 rings (SSSR count). The van der Waals surface area contributed by atoms with Crippen molar-refractivity contribution in [1.29, 1.82) is 0 Å². The molecule has 0 aliphatic rings. The van der Waals surface area contributed by atoms with Gasteiger partial charge in [-0.1, -0.05) is 13.8 Å². The van der Waals surface area contributed by atoms with Crippen molar-refractivity contribution >= 4 is 17.3 Å². The summed E-state index contributed by atoms with van der Waals surface area (Å²) >= 11 is 0. The van der Waals surface area contributed by atoms with Gasteiger partial charge < -0.3 is 16.8 Å². The molecule has 0 aromatic heterocycles. The lowest BCUT2D eigenvalue weighted by Gasteiger charge is -2.15. The van der Waals surface area contributed by atoms with Crippen LogP contribution in [0.1, 0.15) is 25.8 Å². The van der Waals surface area contributed by atoms with Crippen LogP contribution < -0.4 is 16.8 Å². The molecule has 4 heteroatoms. The molecule has 0 saturated heterocycles. The maximum atomic E-state index is 11.8. The fourth-order valence-corrected chi connectivity index (χ4v) is 1.67. The highest BCUT2D eigenvalue weighted by molar-refractivity contribution is 5.95. The number of carbonyl (C=O) groups is 1. The smallest absolute Gasteiger partial charge is 0.241 e. The van der Waals surface area contributed by atoms with Gasteiger partial charge in [0.05, 0.1) is 6.04 Å². The van der Waals surface area contributed by atoms with E-state index in [4.69, 9.17) is 11.5 Å². The second-order valence-corrected chi connectivity index (χ2v) is 4.80. The van der Waals surface area contributed by atoms with E-state index in [-0.39, 0.29) is 5.91 Å². The summed E-state index contributed by atoms with van der Waals surface area (Å²) in [5.41, 5.74) is 13.8. The number of benzene rings is 1. The van der Waals surface area contributed by atoms with E-state index in [9.17, 15) is 4.79 Å². The van der Waals surface area contributed by atoms with E-state index in [0.29, 0.717) is 18.0 Å². The van der Waals surface area contributed by atoms with Crippen LogP contribution in [0.2, 0.25) is 0 Å². The van der Waals surface area contributed by atoms with Gasteiger partial charge >= 0.3 is 0 Å². The van der Waals surface area contributed by atoms with Gasteiger partial charge in [-0.3, -0.25) is 4.79 Å². The van der Waals surface area contributed by atoms with Gasteiger partial charge in [-0.05, 0) is 43.0 Å². The van der Waals surface area contributed by atoms with E-state index < -0.39 is 6.04 Å². The van der Waals surface area contributed by atoms with Crippen LogP contribution in [-0.2, 0) is 4.79 Å². The first-order valence-electron chi connectivity index (χ1n) is 5.82. The SMILES string of the molecule is Cc1cc(N)ccc1NC(=O)[C@@H](N)CC(C)C. The molecule has 17 heavy (non-hydrogen) atoms. The van der Waals surface area contributed by atoms with Gasteiger partial charge in [-0.25, -0.2) is 0 Å². The van der Waals surface area contributed by atoms with Crippen molar-refractivity contribution < 1.29 is 4.79 Å². The molecule has 0 unspecified atom stereocenters. The normalized spacial score (nSPS) is 12.5. The van der Waals surface area contributed by atoms with Crippen LogP contribution >= 0.6 is 0 Å². The molecule has 0 aliphatic heterocycles. The Morgan fingerprint density at radius 3 is 2.59 bits per heavy atom. The lowest BCUT2D eigenvalue weighted by molar-refractivity contribution is -0.117. The van der Waals surface area contributed by atoms with Gasteiger partial charge in [0.1, 0.15) is 0 Å². The maximum Gasteiger partial charge on any atom is 0.241 e. The Morgan fingerprint density at radius 2 is 2.06 bits per heavy atom. The zero-order valence-electron chi connectivity index (χ0n) is 10.7. The van der Waals surface area contributed by atoms with Crippen LogP contribution in [-0.4, -0.2) is 11.9 Å². The predicted molar refractivity (Wildman–Crippen MR) is 71.7 cm³/mol. The second-order valence-electron chi connectivity index (χ2n) is 4.80. The number of hydrogen-bond donors (Lipinski definition) is 3. The Balaban J connectivity index is 2.67. The third-order valence-corrected chi connectivity index (χ3v) is 2.57. The van der Waals surface area contributed by atoms with Crippen molar-refractivity contribution in [3.8, 4) is 0 Å². The lowest BCUT2D eigenvalue weighted by atomic mass is 10.0. The summed E-state index contributed by atoms with van der Waals surface area (Å²) in [6, 6.07) is 4.91. The summed E-state index contributed by atoms with van der Waals surface area (Å²) in [6.07, 6.45) is 0.680. The van der Waals surface area contributed by atoms with Gasteiger partial charge in [0.15, 0.2) is 0 Å². The van der Waals surface area contributed by atoms with Gasteiger partial charge in [0.2, 0.25) is 5.91 Å². The summed E-state index contributed by atoms with van der Waals surface area (Å²) in [7, 11) is 0. The number of nitrogens with two attached hydrogens (primary N) is 2. The van der Waals surface area contributed by atoms with Crippen LogP contribution in [0.25, 0.3) is 0 Å². The molecule has 1 aromatic carbocycles. The molecule has 0 fully saturated rings. The van der Waals surface area contributed by atoms with Crippen molar-refractivity contribution in [2.24, 2.45) is 11.7 Å². The van der Waals surface area contributed by atoms with Crippen molar-refractivity contribution in [3.63, 3.8) is 0 Å². The fraction of sp³-hybridized carbons (Fsp3) is 0.462. The molecular formula is C13H21N3O. The number of rotatable bonds is 4. The highest BCUT2D eigenvalue weighted by Gasteiger charge is 2.15. The first-order valence-corrected chi connectivity index (χ1v) is 5.82. The first kappa shape index (κ1) is 13.5. The van der Waals surface area contributed by atoms with Crippen molar-refractivity contribution in [2.45, 2.75) is 33.2 Å². The Bertz CT molecular complexity index is 402. The third-order valence-electron chi connectivity index (χ3n) is 2.57. The van der Waals surface area contributed by atoms with E-state index >= 15 is 0 Å². The molecule has 0 radical (unpaired) electrons. The van der Waals surface area contributed by atoms with Gasteiger partial charge in [-0.2, -0.15) is 0 Å². The zero-order chi connectivity index (χ0) is 13.0. The average Bonchev–Trinajstić information content (AvgIpc) is 2.21.